The third-order valence-corrected chi connectivity index (χ3v) is 4.81. The maximum atomic E-state index is 11.6. The van der Waals surface area contributed by atoms with Crippen LogP contribution in [0.5, 0.6) is 0 Å². The van der Waals surface area contributed by atoms with Gasteiger partial charge in [-0.2, -0.15) is 5.26 Å². The van der Waals surface area contributed by atoms with Crippen LogP contribution in [0.1, 0.15) is 41.4 Å². The van der Waals surface area contributed by atoms with Gasteiger partial charge in [-0.1, -0.05) is 13.3 Å². The molecule has 6 heteroatoms. The van der Waals surface area contributed by atoms with E-state index in [4.69, 9.17) is 11.0 Å². The number of nitriles is 1. The van der Waals surface area contributed by atoms with Crippen molar-refractivity contribution in [1.82, 2.24) is 0 Å². The van der Waals surface area contributed by atoms with E-state index in [0.29, 0.717) is 15.4 Å². The number of ether oxygens (including phenoxy) is 1. The number of nitrogens with one attached hydrogen (secondary N) is 1. The quantitative estimate of drug-likeness (QED) is 0.827. The second kappa shape index (κ2) is 5.10. The molecule has 0 aromatic carbocycles. The minimum Gasteiger partial charge on any atom is -0.465 e. The average molecular weight is 279 g/mol. The maximum absolute atomic E-state index is 11.6. The first-order chi connectivity index (χ1) is 9.00. The van der Waals surface area contributed by atoms with Gasteiger partial charge in [0.15, 0.2) is 0 Å². The Kier molecular flexibility index (Phi) is 3.67. The molecule has 0 spiro atoms. The number of hydrogen-bond acceptors (Lipinski definition) is 6. The zero-order chi connectivity index (χ0) is 14.0. The molecular weight excluding hydrogens is 262 g/mol. The van der Waals surface area contributed by atoms with Crippen LogP contribution in [-0.4, -0.2) is 19.6 Å². The molecule has 1 saturated carbocycles. The van der Waals surface area contributed by atoms with E-state index in [1.165, 1.54) is 37.7 Å². The summed E-state index contributed by atoms with van der Waals surface area (Å²) in [7, 11) is 1.30. The van der Waals surface area contributed by atoms with Crippen LogP contribution in [0.25, 0.3) is 0 Å². The summed E-state index contributed by atoms with van der Waals surface area (Å²) in [6.45, 7) is 3.01. The minimum absolute atomic E-state index is 0.209. The highest BCUT2D eigenvalue weighted by Gasteiger charge is 2.32. The highest BCUT2D eigenvalue weighted by Crippen LogP contribution is 2.42. The lowest BCUT2D eigenvalue weighted by Crippen LogP contribution is -2.33. The van der Waals surface area contributed by atoms with Crippen molar-refractivity contribution >= 4 is 28.0 Å². The molecule has 0 saturated heterocycles. The molecule has 1 aliphatic rings. The molecule has 2 rings (SSSR count). The van der Waals surface area contributed by atoms with Crippen molar-refractivity contribution in [3.63, 3.8) is 0 Å². The Balaban J connectivity index is 2.20. The molecule has 0 radical (unpaired) electrons. The van der Waals surface area contributed by atoms with E-state index in [2.05, 4.69) is 23.0 Å². The van der Waals surface area contributed by atoms with Crippen LogP contribution in [0.15, 0.2) is 0 Å². The van der Waals surface area contributed by atoms with Crippen LogP contribution in [0.2, 0.25) is 0 Å². The highest BCUT2D eigenvalue weighted by molar-refractivity contribution is 7.18. The number of carbonyl (C=O) groups excluding carboxylic acids is 1. The maximum Gasteiger partial charge on any atom is 0.350 e. The van der Waals surface area contributed by atoms with Crippen LogP contribution < -0.4 is 11.1 Å². The number of hydrogen-bond donors (Lipinski definition) is 2. The number of thiophene rings is 1. The molecule has 1 fully saturated rings. The number of carbonyl (C=O) groups is 1. The third kappa shape index (κ3) is 2.51. The highest BCUT2D eigenvalue weighted by atomic mass is 32.1. The van der Waals surface area contributed by atoms with Gasteiger partial charge in [0.1, 0.15) is 21.5 Å². The molecule has 0 amide bonds. The summed E-state index contributed by atoms with van der Waals surface area (Å²) in [6, 6.07) is 2.05. The van der Waals surface area contributed by atoms with E-state index in [-0.39, 0.29) is 11.1 Å². The van der Waals surface area contributed by atoms with Gasteiger partial charge < -0.3 is 15.8 Å². The molecule has 0 unspecified atom stereocenters. The van der Waals surface area contributed by atoms with Crippen molar-refractivity contribution in [2.24, 2.45) is 5.41 Å². The first-order valence-electron chi connectivity index (χ1n) is 6.15. The molecule has 1 aromatic rings. The molecular formula is C13H17N3O2S. The summed E-state index contributed by atoms with van der Waals surface area (Å²) in [4.78, 5) is 11.8. The van der Waals surface area contributed by atoms with Gasteiger partial charge in [0, 0.05) is 6.54 Å². The van der Waals surface area contributed by atoms with Crippen molar-refractivity contribution in [2.75, 3.05) is 24.7 Å². The van der Waals surface area contributed by atoms with Crippen molar-refractivity contribution in [3.8, 4) is 6.07 Å². The topological polar surface area (TPSA) is 88.1 Å². The van der Waals surface area contributed by atoms with Crippen LogP contribution in [0.4, 0.5) is 10.7 Å². The van der Waals surface area contributed by atoms with Gasteiger partial charge in [-0.05, 0) is 18.3 Å². The Labute approximate surface area is 116 Å². The summed E-state index contributed by atoms with van der Waals surface area (Å²) >= 11 is 1.19. The second-order valence-electron chi connectivity index (χ2n) is 5.17. The van der Waals surface area contributed by atoms with Gasteiger partial charge in [0.2, 0.25) is 0 Å². The summed E-state index contributed by atoms with van der Waals surface area (Å²) in [6.07, 6.45) is 3.63. The lowest BCUT2D eigenvalue weighted by atomic mass is 9.70. The van der Waals surface area contributed by atoms with Crippen molar-refractivity contribution in [3.05, 3.63) is 10.4 Å². The van der Waals surface area contributed by atoms with Crippen LogP contribution in [0, 0.1) is 16.7 Å². The molecule has 102 valence electrons. The van der Waals surface area contributed by atoms with E-state index in [1.807, 2.05) is 0 Å². The Morgan fingerprint density at radius 1 is 1.63 bits per heavy atom. The van der Waals surface area contributed by atoms with Gasteiger partial charge >= 0.3 is 5.97 Å². The van der Waals surface area contributed by atoms with E-state index >= 15 is 0 Å². The van der Waals surface area contributed by atoms with E-state index in [0.717, 1.165) is 6.54 Å². The first-order valence-corrected chi connectivity index (χ1v) is 6.97. The average Bonchev–Trinajstić information content (AvgIpc) is 2.69. The summed E-state index contributed by atoms with van der Waals surface area (Å²) < 4.78 is 4.66. The summed E-state index contributed by atoms with van der Waals surface area (Å²) in [5.74, 6) is -0.498. The Morgan fingerprint density at radius 3 is 2.79 bits per heavy atom. The Bertz CT molecular complexity index is 541. The van der Waals surface area contributed by atoms with E-state index in [9.17, 15) is 4.79 Å². The van der Waals surface area contributed by atoms with Crippen molar-refractivity contribution < 1.29 is 9.53 Å². The van der Waals surface area contributed by atoms with Crippen LogP contribution in [0.3, 0.4) is 0 Å². The van der Waals surface area contributed by atoms with Crippen LogP contribution in [-0.2, 0) is 4.74 Å². The number of nitrogens with zero attached hydrogens (tertiary/aromatic N) is 1. The monoisotopic (exact) mass is 279 g/mol. The van der Waals surface area contributed by atoms with Gasteiger partial charge in [-0.3, -0.25) is 0 Å². The fourth-order valence-corrected chi connectivity index (χ4v) is 3.16. The largest absolute Gasteiger partial charge is 0.465 e. The molecule has 19 heavy (non-hydrogen) atoms. The van der Waals surface area contributed by atoms with Gasteiger partial charge in [-0.15, -0.1) is 11.3 Å². The zero-order valence-electron chi connectivity index (χ0n) is 11.1. The number of nitrogen functional groups attached to an aromatic ring is 1. The van der Waals surface area contributed by atoms with Crippen molar-refractivity contribution in [1.29, 1.82) is 5.26 Å². The SMILES string of the molecule is COC(=O)c1sc(NCC2(C)CCC2)c(C#N)c1N. The van der Waals surface area contributed by atoms with Gasteiger partial charge in [0.05, 0.1) is 12.8 Å². The third-order valence-electron chi connectivity index (χ3n) is 3.66. The van der Waals surface area contributed by atoms with Gasteiger partial charge in [0.25, 0.3) is 0 Å². The molecule has 1 heterocycles. The molecule has 1 aromatic heterocycles. The minimum atomic E-state index is -0.498. The lowest BCUT2D eigenvalue weighted by Gasteiger charge is -2.38. The fourth-order valence-electron chi connectivity index (χ4n) is 2.17. The molecule has 0 aliphatic heterocycles. The van der Waals surface area contributed by atoms with Gasteiger partial charge in [-0.25, -0.2) is 4.79 Å². The number of nitrogens with two attached hydrogens (primary N) is 1. The zero-order valence-corrected chi connectivity index (χ0v) is 11.9. The summed E-state index contributed by atoms with van der Waals surface area (Å²) in [5, 5.41) is 13.1. The lowest BCUT2D eigenvalue weighted by molar-refractivity contribution is 0.0607. The normalized spacial score (nSPS) is 16.3. The second-order valence-corrected chi connectivity index (χ2v) is 6.19. The number of anilines is 2. The fraction of sp³-hybridized carbons (Fsp3) is 0.538. The molecule has 5 nitrogen and oxygen atoms in total. The Hall–Kier alpha value is -1.74. The Morgan fingerprint density at radius 2 is 2.32 bits per heavy atom. The molecule has 1 aliphatic carbocycles. The van der Waals surface area contributed by atoms with E-state index in [1.54, 1.807) is 0 Å². The standard InChI is InChI=1S/C13H17N3O2S/c1-13(4-3-5-13)7-16-11-8(6-14)9(15)10(19-11)12(17)18-2/h16H,3-5,7,15H2,1-2H3. The molecule has 0 atom stereocenters. The number of esters is 1. The van der Waals surface area contributed by atoms with Crippen molar-refractivity contribution in [2.45, 2.75) is 26.2 Å². The number of methoxy groups -OCH3 is 1. The van der Waals surface area contributed by atoms with E-state index < -0.39 is 5.97 Å². The predicted octanol–water partition coefficient (Wildman–Crippen LogP) is 2.59. The van der Waals surface area contributed by atoms with Crippen LogP contribution >= 0.6 is 11.3 Å². The molecule has 3 N–H and O–H groups in total. The predicted molar refractivity (Wildman–Crippen MR) is 75.2 cm³/mol. The number of rotatable bonds is 4. The summed E-state index contributed by atoms with van der Waals surface area (Å²) in [5.41, 5.74) is 6.66. The smallest absolute Gasteiger partial charge is 0.350 e. The molecule has 0 bridgehead atoms. The first kappa shape index (κ1) is 13.7.